The van der Waals surface area contributed by atoms with E-state index in [4.69, 9.17) is 0 Å². The Hall–Kier alpha value is -0.560. The Morgan fingerprint density at radius 2 is 1.27 bits per heavy atom. The molecule has 0 aromatic carbocycles. The second kappa shape index (κ2) is 4.13. The molecule has 0 saturated heterocycles. The predicted molar refractivity (Wildman–Crippen MR) is 35.8 cm³/mol. The first kappa shape index (κ1) is 14.4. The predicted octanol–water partition coefficient (Wildman–Crippen LogP) is 3.96. The fourth-order valence-corrected chi connectivity index (χ4v) is 0.812. The average Bonchev–Trinajstić information content (AvgIpc) is 2.01. The van der Waals surface area contributed by atoms with Crippen LogP contribution in [0, 0.1) is 0 Å². The Bertz CT molecular complexity index is 209. The molecule has 0 nitrogen and oxygen atoms in total. The summed E-state index contributed by atoms with van der Waals surface area (Å²) in [5.41, 5.74) is 0. The van der Waals surface area contributed by atoms with Gasteiger partial charge in [-0.2, -0.15) is 26.3 Å². The second-order valence-corrected chi connectivity index (χ2v) is 2.93. The van der Waals surface area contributed by atoms with Crippen molar-refractivity contribution in [2.24, 2.45) is 0 Å². The van der Waals surface area contributed by atoms with Crippen LogP contribution in [0.5, 0.6) is 0 Å². The second-order valence-electron chi connectivity index (χ2n) is 2.93. The lowest BCUT2D eigenvalue weighted by molar-refractivity contribution is -0.316. The van der Waals surface area contributed by atoms with Crippen molar-refractivity contribution in [3.05, 3.63) is 0 Å². The van der Waals surface area contributed by atoms with Gasteiger partial charge in [-0.05, 0) is 0 Å². The molecule has 0 unspecified atom stereocenters. The summed E-state index contributed by atoms with van der Waals surface area (Å²) in [5.74, 6) is -16.2. The maximum atomic E-state index is 12.5. The van der Waals surface area contributed by atoms with Crippen molar-refractivity contribution in [3.8, 4) is 0 Å². The van der Waals surface area contributed by atoms with Crippen LogP contribution in [0.2, 0.25) is 0 Å². The molecule has 92 valence electrons. The van der Waals surface area contributed by atoms with Crippen molar-refractivity contribution in [2.45, 2.75) is 44.0 Å². The summed E-state index contributed by atoms with van der Waals surface area (Å²) in [4.78, 5) is 0. The molecule has 0 aliphatic carbocycles. The molecular formula is C7H8F8. The lowest BCUT2D eigenvalue weighted by Crippen LogP contribution is -2.54. The third-order valence-corrected chi connectivity index (χ3v) is 1.77. The van der Waals surface area contributed by atoms with Crippen LogP contribution in [0.1, 0.15) is 19.8 Å². The molecule has 0 saturated carbocycles. The van der Waals surface area contributed by atoms with Crippen LogP contribution in [0.3, 0.4) is 0 Å². The highest BCUT2D eigenvalue weighted by atomic mass is 19.3. The minimum Gasteiger partial charge on any atom is -0.210 e. The topological polar surface area (TPSA) is 0 Å². The van der Waals surface area contributed by atoms with Crippen LogP contribution in [0.15, 0.2) is 0 Å². The summed E-state index contributed by atoms with van der Waals surface area (Å²) in [5, 5.41) is 0. The first-order valence-electron chi connectivity index (χ1n) is 3.89. The van der Waals surface area contributed by atoms with Crippen molar-refractivity contribution < 1.29 is 35.1 Å². The monoisotopic (exact) mass is 244 g/mol. The summed E-state index contributed by atoms with van der Waals surface area (Å²) in [7, 11) is 0. The molecular weight excluding hydrogens is 236 g/mol. The Labute approximate surface area is 80.3 Å². The Morgan fingerprint density at radius 3 is 1.53 bits per heavy atom. The zero-order valence-electron chi connectivity index (χ0n) is 7.52. The summed E-state index contributed by atoms with van der Waals surface area (Å²) in [6.45, 7) is 0.562. The van der Waals surface area contributed by atoms with Gasteiger partial charge in [0.2, 0.25) is 6.43 Å². The molecule has 15 heavy (non-hydrogen) atoms. The minimum atomic E-state index is -5.77. The van der Waals surface area contributed by atoms with Gasteiger partial charge < -0.3 is 0 Å². The van der Waals surface area contributed by atoms with Crippen LogP contribution in [-0.2, 0) is 0 Å². The molecule has 0 aromatic heterocycles. The highest BCUT2D eigenvalue weighted by Crippen LogP contribution is 2.49. The molecule has 0 aromatic rings. The van der Waals surface area contributed by atoms with Crippen molar-refractivity contribution in [1.82, 2.24) is 0 Å². The third-order valence-electron chi connectivity index (χ3n) is 1.77. The largest absolute Gasteiger partial charge is 0.372 e. The van der Waals surface area contributed by atoms with Crippen molar-refractivity contribution in [1.29, 1.82) is 0 Å². The molecule has 0 aliphatic heterocycles. The molecule has 0 bridgehead atoms. The molecule has 0 aliphatic rings. The van der Waals surface area contributed by atoms with E-state index in [0.717, 1.165) is 0 Å². The van der Waals surface area contributed by atoms with Gasteiger partial charge in [-0.15, -0.1) is 0 Å². The zero-order chi connectivity index (χ0) is 12.5. The number of alkyl halides is 8. The fraction of sp³-hybridized carbons (Fsp3) is 1.00. The summed E-state index contributed by atoms with van der Waals surface area (Å²) < 4.78 is 97.7. The van der Waals surface area contributed by atoms with Gasteiger partial charge in [0.05, 0.1) is 6.42 Å². The summed E-state index contributed by atoms with van der Waals surface area (Å²) in [6, 6.07) is 0. The van der Waals surface area contributed by atoms with E-state index in [1.807, 2.05) is 0 Å². The zero-order valence-corrected chi connectivity index (χ0v) is 7.52. The fourth-order valence-electron chi connectivity index (χ4n) is 0.812. The lowest BCUT2D eigenvalue weighted by Gasteiger charge is -2.32. The van der Waals surface area contributed by atoms with Gasteiger partial charge in [0.15, 0.2) is 0 Å². The first-order chi connectivity index (χ1) is 6.48. The number of rotatable bonds is 5. The van der Waals surface area contributed by atoms with Gasteiger partial charge in [0, 0.05) is 6.42 Å². The van der Waals surface area contributed by atoms with Crippen molar-refractivity contribution in [2.75, 3.05) is 0 Å². The maximum Gasteiger partial charge on any atom is 0.372 e. The Balaban J connectivity index is 5.00. The minimum absolute atomic E-state index is 0.562. The number of halogens is 8. The SMILES string of the molecule is CCC(F)(F)C(F)(F)C(F)(F)CC(F)F. The van der Waals surface area contributed by atoms with Gasteiger partial charge in [-0.1, -0.05) is 6.92 Å². The molecule has 0 N–H and O–H groups in total. The van der Waals surface area contributed by atoms with Crippen molar-refractivity contribution in [3.63, 3.8) is 0 Å². The highest BCUT2D eigenvalue weighted by molar-refractivity contribution is 4.95. The number of hydrogen-bond acceptors (Lipinski definition) is 0. The van der Waals surface area contributed by atoms with E-state index in [-0.39, 0.29) is 0 Å². The molecule has 0 rings (SSSR count). The summed E-state index contributed by atoms with van der Waals surface area (Å²) >= 11 is 0. The summed E-state index contributed by atoms with van der Waals surface area (Å²) in [6.07, 6.45) is -7.92. The molecule has 0 spiro atoms. The van der Waals surface area contributed by atoms with Crippen LogP contribution in [-0.4, -0.2) is 24.2 Å². The first-order valence-corrected chi connectivity index (χ1v) is 3.89. The Morgan fingerprint density at radius 1 is 0.867 bits per heavy atom. The Kier molecular flexibility index (Phi) is 3.98. The molecule has 0 radical (unpaired) electrons. The normalized spacial score (nSPS) is 14.8. The van der Waals surface area contributed by atoms with Gasteiger partial charge >= 0.3 is 17.8 Å². The van der Waals surface area contributed by atoms with E-state index in [2.05, 4.69) is 0 Å². The molecule has 0 atom stereocenters. The molecule has 8 heteroatoms. The van der Waals surface area contributed by atoms with Crippen LogP contribution in [0.25, 0.3) is 0 Å². The average molecular weight is 244 g/mol. The van der Waals surface area contributed by atoms with Crippen LogP contribution in [0.4, 0.5) is 35.1 Å². The van der Waals surface area contributed by atoms with E-state index < -0.39 is 37.0 Å². The molecule has 0 fully saturated rings. The standard InChI is InChI=1S/C7H8F8/c1-2-5(10,11)7(14,15)6(12,13)3-4(8)9/h4H,2-3H2,1H3. The lowest BCUT2D eigenvalue weighted by atomic mass is 10.00. The van der Waals surface area contributed by atoms with Gasteiger partial charge in [-0.25, -0.2) is 8.78 Å². The van der Waals surface area contributed by atoms with Crippen LogP contribution < -0.4 is 0 Å². The maximum absolute atomic E-state index is 12.5. The van der Waals surface area contributed by atoms with E-state index in [1.54, 1.807) is 0 Å². The van der Waals surface area contributed by atoms with Gasteiger partial charge in [0.25, 0.3) is 0 Å². The van der Waals surface area contributed by atoms with E-state index >= 15 is 0 Å². The quantitative estimate of drug-likeness (QED) is 0.642. The van der Waals surface area contributed by atoms with Gasteiger partial charge in [-0.3, -0.25) is 0 Å². The number of hydrogen-bond donors (Lipinski definition) is 0. The third kappa shape index (κ3) is 2.72. The van der Waals surface area contributed by atoms with Crippen molar-refractivity contribution >= 4 is 0 Å². The van der Waals surface area contributed by atoms with E-state index in [1.165, 1.54) is 0 Å². The highest BCUT2D eigenvalue weighted by Gasteiger charge is 2.70. The van der Waals surface area contributed by atoms with Crippen LogP contribution >= 0.6 is 0 Å². The van der Waals surface area contributed by atoms with E-state index in [9.17, 15) is 35.1 Å². The molecule has 0 heterocycles. The molecule has 0 amide bonds. The van der Waals surface area contributed by atoms with Gasteiger partial charge in [0.1, 0.15) is 0 Å². The van der Waals surface area contributed by atoms with E-state index in [0.29, 0.717) is 6.92 Å². The smallest absolute Gasteiger partial charge is 0.210 e.